The van der Waals surface area contributed by atoms with E-state index in [1.54, 1.807) is 13.8 Å². The smallest absolute Gasteiger partial charge is 0.433 e. The van der Waals surface area contributed by atoms with Crippen LogP contribution < -0.4 is 0 Å². The highest BCUT2D eigenvalue weighted by atomic mass is 35.5. The lowest BCUT2D eigenvalue weighted by Crippen LogP contribution is -2.46. The number of rotatable bonds is 14. The summed E-state index contributed by atoms with van der Waals surface area (Å²) >= 11 is 13.1. The van der Waals surface area contributed by atoms with Crippen molar-refractivity contribution in [2.45, 2.75) is 116 Å². The van der Waals surface area contributed by atoms with Gasteiger partial charge in [0.2, 0.25) is 0 Å². The van der Waals surface area contributed by atoms with Crippen LogP contribution in [0.15, 0.2) is 18.6 Å². The number of esters is 1. The molecule has 1 unspecified atom stereocenters. The molecule has 0 spiro atoms. The summed E-state index contributed by atoms with van der Waals surface area (Å²) in [6, 6.07) is 1.06. The number of aromatic nitrogens is 3. The zero-order valence-corrected chi connectivity index (χ0v) is 31.3. The van der Waals surface area contributed by atoms with E-state index in [2.05, 4.69) is 10.1 Å². The van der Waals surface area contributed by atoms with Gasteiger partial charge in [-0.3, -0.25) is 19.3 Å². The molecule has 2 heterocycles. The minimum absolute atomic E-state index is 0.0500. The van der Waals surface area contributed by atoms with Gasteiger partial charge in [0.25, 0.3) is 5.91 Å². The number of ether oxygens (including phenoxy) is 1. The van der Waals surface area contributed by atoms with Crippen molar-refractivity contribution in [2.75, 3.05) is 19.7 Å². The first-order chi connectivity index (χ1) is 23.3. The van der Waals surface area contributed by atoms with Crippen LogP contribution in [0, 0.1) is 10.8 Å². The average Bonchev–Trinajstić information content (AvgIpc) is 3.71. The highest BCUT2D eigenvalue weighted by molar-refractivity contribution is 6.73. The fourth-order valence-electron chi connectivity index (χ4n) is 6.93. The first kappa shape index (κ1) is 40.4. The quantitative estimate of drug-likeness (QED) is 0.108. The summed E-state index contributed by atoms with van der Waals surface area (Å²) < 4.78 is 100. The number of hydrogen-bond acceptors (Lipinski definition) is 6. The molecule has 2 aliphatic rings. The molecule has 2 aliphatic carbocycles. The molecule has 0 bridgehead atoms. The zero-order valence-electron chi connectivity index (χ0n) is 28.8. The van der Waals surface area contributed by atoms with Gasteiger partial charge in [0.05, 0.1) is 57.9 Å². The van der Waals surface area contributed by atoms with Crippen molar-refractivity contribution < 1.29 is 45.1 Å². The van der Waals surface area contributed by atoms with E-state index in [0.717, 1.165) is 15.8 Å². The van der Waals surface area contributed by atoms with Gasteiger partial charge in [-0.25, -0.2) is 0 Å². The monoisotopic (exact) mass is 772 g/mol. The second-order valence-corrected chi connectivity index (χ2v) is 19.2. The van der Waals surface area contributed by atoms with Crippen molar-refractivity contribution in [2.24, 2.45) is 10.8 Å². The summed E-state index contributed by atoms with van der Waals surface area (Å²) in [5, 5.41) is 4.10. The maximum absolute atomic E-state index is 14.9. The van der Waals surface area contributed by atoms with Gasteiger partial charge in [0.15, 0.2) is 14.0 Å². The summed E-state index contributed by atoms with van der Waals surface area (Å²) in [7, 11) is -2.58. The molecule has 0 N–H and O–H groups in total. The van der Waals surface area contributed by atoms with Crippen LogP contribution in [0.4, 0.5) is 26.3 Å². The average molecular weight is 774 g/mol. The third kappa shape index (κ3) is 8.30. The molecule has 1 atom stereocenters. The molecule has 0 aromatic carbocycles. The van der Waals surface area contributed by atoms with E-state index in [1.165, 1.54) is 12.4 Å². The Morgan fingerprint density at radius 2 is 1.54 bits per heavy atom. The molecular formula is C33H44Cl2F6N4O4Si. The van der Waals surface area contributed by atoms with Crippen LogP contribution in [0.25, 0.3) is 0 Å². The largest absolute Gasteiger partial charge is 0.466 e. The van der Waals surface area contributed by atoms with E-state index in [1.807, 2.05) is 20.8 Å². The molecule has 4 rings (SSSR count). The number of hydrogen-bond donors (Lipinski definition) is 0. The van der Waals surface area contributed by atoms with Crippen molar-refractivity contribution >= 4 is 43.4 Å². The molecule has 2 aromatic rings. The molecule has 17 heteroatoms. The minimum atomic E-state index is -5.08. The Balaban J connectivity index is 1.79. The van der Waals surface area contributed by atoms with Crippen molar-refractivity contribution in [1.82, 2.24) is 19.7 Å². The van der Waals surface area contributed by atoms with Crippen molar-refractivity contribution in [1.29, 1.82) is 0 Å². The van der Waals surface area contributed by atoms with Crippen LogP contribution in [-0.2, 0) is 20.1 Å². The molecule has 2 fully saturated rings. The summed E-state index contributed by atoms with van der Waals surface area (Å²) in [6.45, 7) is 7.89. The Kier molecular flexibility index (Phi) is 12.4. The Morgan fingerprint density at radius 1 is 0.980 bits per heavy atom. The maximum Gasteiger partial charge on any atom is 0.433 e. The first-order valence-electron chi connectivity index (χ1n) is 17.0. The maximum atomic E-state index is 14.9. The number of carbonyl (C=O) groups excluding carboxylic acids is 2. The van der Waals surface area contributed by atoms with Crippen molar-refractivity contribution in [3.63, 3.8) is 0 Å². The highest BCUT2D eigenvalue weighted by Crippen LogP contribution is 2.58. The number of amides is 1. The Morgan fingerprint density at radius 3 is 2.00 bits per heavy atom. The molecule has 0 aliphatic heterocycles. The van der Waals surface area contributed by atoms with E-state index < -0.39 is 79.9 Å². The van der Waals surface area contributed by atoms with Gasteiger partial charge in [-0.15, -0.1) is 0 Å². The molecule has 1 amide bonds. The molecule has 0 radical (unpaired) electrons. The summed E-state index contributed by atoms with van der Waals surface area (Å²) in [5.74, 6) is -1.70. The van der Waals surface area contributed by atoms with Crippen LogP contribution in [-0.4, -0.2) is 65.7 Å². The Bertz CT molecular complexity index is 1490. The first-order valence-corrected chi connectivity index (χ1v) is 20.2. The lowest BCUT2D eigenvalue weighted by molar-refractivity contribution is -0.190. The molecule has 2 aromatic heterocycles. The van der Waals surface area contributed by atoms with Crippen LogP contribution in [0.2, 0.25) is 28.2 Å². The third-order valence-electron chi connectivity index (χ3n) is 10.6. The summed E-state index contributed by atoms with van der Waals surface area (Å²) in [5.41, 5.74) is -5.20. The summed E-state index contributed by atoms with van der Waals surface area (Å²) in [6.07, 6.45) is -7.44. The second kappa shape index (κ2) is 15.3. The fourth-order valence-corrected chi connectivity index (χ4v) is 10.3. The number of alkyl halides is 6. The number of halogens is 8. The predicted octanol–water partition coefficient (Wildman–Crippen LogP) is 9.84. The minimum Gasteiger partial charge on any atom is -0.466 e. The Labute approximate surface area is 299 Å². The van der Waals surface area contributed by atoms with Gasteiger partial charge in [-0.05, 0) is 70.5 Å². The third-order valence-corrected chi connectivity index (χ3v) is 15.9. The number of pyridine rings is 1. The molecular weight excluding hydrogens is 729 g/mol. The van der Waals surface area contributed by atoms with Gasteiger partial charge >= 0.3 is 18.3 Å². The predicted molar refractivity (Wildman–Crippen MR) is 178 cm³/mol. The van der Waals surface area contributed by atoms with E-state index >= 15 is 0 Å². The van der Waals surface area contributed by atoms with E-state index in [9.17, 15) is 35.9 Å². The van der Waals surface area contributed by atoms with Crippen LogP contribution in [0.3, 0.4) is 0 Å². The normalized spacial score (nSPS) is 21.5. The highest BCUT2D eigenvalue weighted by Gasteiger charge is 2.64. The molecule has 2 saturated carbocycles. The summed E-state index contributed by atoms with van der Waals surface area (Å²) in [4.78, 5) is 31.6. The lowest BCUT2D eigenvalue weighted by Gasteiger charge is -2.38. The zero-order chi connectivity index (χ0) is 37.3. The topological polar surface area (TPSA) is 86.6 Å². The molecule has 50 heavy (non-hydrogen) atoms. The number of nitrogens with zero attached hydrogens (tertiary/aromatic N) is 4. The Hall–Kier alpha value is -2.36. The SMILES string of the molecule is CCOC(=O)C1(C)CCC(n2ncc(C(=O)N(CC(O[Si](CC)(CC)CC)c3c(Cl)cncc3Cl)CC3(C(F)(F)F)CC3)c2C(F)(F)F)CC1. The standard InChI is InChI=1S/C33H44Cl2F6N4O4Si/c1-6-48-29(47)30(5)12-10-21(11-13-30)45-27(32(36,37)38)22(16-43-45)28(46)44(20-31(14-15-31)33(39,40)41)19-25(49-50(7-2,8-3)9-4)26-23(34)17-42-18-24(26)35/h16-18,21,25H,6-15,19-20H2,1-5H3. The van der Waals surface area contributed by atoms with Gasteiger partial charge in [-0.2, -0.15) is 31.4 Å². The van der Waals surface area contributed by atoms with Crippen molar-refractivity contribution in [3.8, 4) is 0 Å². The fraction of sp³-hybridized carbons (Fsp3) is 0.697. The molecule has 8 nitrogen and oxygen atoms in total. The molecule has 0 saturated heterocycles. The van der Waals surface area contributed by atoms with Gasteiger partial charge in [-0.1, -0.05) is 44.0 Å². The van der Waals surface area contributed by atoms with Gasteiger partial charge < -0.3 is 14.1 Å². The van der Waals surface area contributed by atoms with Gasteiger partial charge in [0, 0.05) is 24.5 Å². The molecule has 280 valence electrons. The van der Waals surface area contributed by atoms with Gasteiger partial charge in [0.1, 0.15) is 0 Å². The van der Waals surface area contributed by atoms with E-state index in [-0.39, 0.29) is 60.7 Å². The second-order valence-electron chi connectivity index (χ2n) is 13.7. The van der Waals surface area contributed by atoms with E-state index in [0.29, 0.717) is 18.1 Å². The van der Waals surface area contributed by atoms with Crippen LogP contribution >= 0.6 is 23.2 Å². The lowest BCUT2D eigenvalue weighted by atomic mass is 9.74. The van der Waals surface area contributed by atoms with E-state index in [4.69, 9.17) is 32.4 Å². The number of carbonyl (C=O) groups is 2. The van der Waals surface area contributed by atoms with Crippen molar-refractivity contribution in [3.05, 3.63) is 45.5 Å². The van der Waals surface area contributed by atoms with Crippen LogP contribution in [0.1, 0.15) is 107 Å². The van der Waals surface area contributed by atoms with Crippen LogP contribution in [0.5, 0.6) is 0 Å².